The zero-order chi connectivity index (χ0) is 10.9. The molecule has 0 radical (unpaired) electrons. The van der Waals surface area contributed by atoms with Gasteiger partial charge in [0.1, 0.15) is 0 Å². The summed E-state index contributed by atoms with van der Waals surface area (Å²) in [4.78, 5) is 0. The lowest BCUT2D eigenvalue weighted by molar-refractivity contribution is 0.609. The second kappa shape index (κ2) is 3.55. The van der Waals surface area contributed by atoms with E-state index in [1.165, 1.54) is 0 Å². The predicted molar refractivity (Wildman–Crippen MR) is 65.2 cm³/mol. The molecule has 0 saturated carbocycles. The van der Waals surface area contributed by atoms with E-state index in [0.717, 1.165) is 23.2 Å². The van der Waals surface area contributed by atoms with Crippen LogP contribution in [0.2, 0.25) is 0 Å². The number of rotatable bonds is 1. The van der Waals surface area contributed by atoms with Crippen molar-refractivity contribution < 1.29 is 0 Å². The van der Waals surface area contributed by atoms with E-state index in [1.54, 1.807) is 0 Å². The molecule has 1 unspecified atom stereocenters. The van der Waals surface area contributed by atoms with Gasteiger partial charge in [0, 0.05) is 11.2 Å². The third-order valence-corrected chi connectivity index (χ3v) is 2.75. The molecule has 0 aromatic heterocycles. The Morgan fingerprint density at radius 2 is 2.13 bits per heavy atom. The Bertz CT molecular complexity index is 428. The monoisotopic (exact) mass is 200 g/mol. The van der Waals surface area contributed by atoms with Gasteiger partial charge in [0.2, 0.25) is 0 Å². The summed E-state index contributed by atoms with van der Waals surface area (Å²) in [6.07, 6.45) is 7.08. The predicted octanol–water partition coefficient (Wildman–Crippen LogP) is 2.33. The van der Waals surface area contributed by atoms with E-state index in [-0.39, 0.29) is 5.54 Å². The molecule has 0 bridgehead atoms. The molecule has 1 aromatic carbocycles. The number of benzene rings is 1. The maximum absolute atomic E-state index is 6.24. The highest BCUT2D eigenvalue weighted by Crippen LogP contribution is 2.31. The molecule has 15 heavy (non-hydrogen) atoms. The van der Waals surface area contributed by atoms with Gasteiger partial charge in [-0.2, -0.15) is 0 Å². The van der Waals surface area contributed by atoms with Crippen LogP contribution in [-0.2, 0) is 0 Å². The van der Waals surface area contributed by atoms with Crippen molar-refractivity contribution in [1.82, 2.24) is 0 Å². The van der Waals surface area contributed by atoms with Gasteiger partial charge in [0.15, 0.2) is 0 Å². The highest BCUT2D eigenvalue weighted by atomic mass is 14.7. The van der Waals surface area contributed by atoms with Gasteiger partial charge in [-0.05, 0) is 36.6 Å². The lowest BCUT2D eigenvalue weighted by Crippen LogP contribution is -2.37. The minimum absolute atomic E-state index is 0.289. The van der Waals surface area contributed by atoms with Crippen LogP contribution in [0.5, 0.6) is 0 Å². The quantitative estimate of drug-likeness (QED) is 0.683. The normalized spacial score (nSPS) is 25.1. The van der Waals surface area contributed by atoms with E-state index < -0.39 is 0 Å². The summed E-state index contributed by atoms with van der Waals surface area (Å²) in [5, 5.41) is 0. The first-order valence-corrected chi connectivity index (χ1v) is 5.12. The fraction of sp³-hybridized carbons (Fsp3) is 0.231. The van der Waals surface area contributed by atoms with Crippen LogP contribution in [0.3, 0.4) is 0 Å². The van der Waals surface area contributed by atoms with Crippen molar-refractivity contribution in [2.45, 2.75) is 18.9 Å². The first-order valence-electron chi connectivity index (χ1n) is 5.12. The summed E-state index contributed by atoms with van der Waals surface area (Å²) in [7, 11) is 0. The van der Waals surface area contributed by atoms with Crippen molar-refractivity contribution in [3.63, 3.8) is 0 Å². The largest absolute Gasteiger partial charge is 0.399 e. The standard InChI is InChI=1S/C13H16N2/c1-13(15)8-3-2-7-12(13)10-5-4-6-11(14)9-10/h2-7,9H,8,14-15H2,1H3. The fourth-order valence-corrected chi connectivity index (χ4v) is 1.91. The molecule has 2 rings (SSSR count). The van der Waals surface area contributed by atoms with Crippen molar-refractivity contribution in [1.29, 1.82) is 0 Å². The van der Waals surface area contributed by atoms with Crippen LogP contribution >= 0.6 is 0 Å². The van der Waals surface area contributed by atoms with Crippen LogP contribution in [0.4, 0.5) is 5.69 Å². The van der Waals surface area contributed by atoms with Crippen LogP contribution in [0, 0.1) is 0 Å². The molecule has 1 aromatic rings. The van der Waals surface area contributed by atoms with Crippen molar-refractivity contribution in [3.05, 3.63) is 48.1 Å². The second-order valence-corrected chi connectivity index (χ2v) is 4.26. The van der Waals surface area contributed by atoms with Gasteiger partial charge in [0.25, 0.3) is 0 Å². The molecular weight excluding hydrogens is 184 g/mol. The minimum Gasteiger partial charge on any atom is -0.399 e. The van der Waals surface area contributed by atoms with E-state index >= 15 is 0 Å². The Balaban J connectivity index is 2.46. The van der Waals surface area contributed by atoms with Crippen molar-refractivity contribution in [2.24, 2.45) is 5.73 Å². The fourth-order valence-electron chi connectivity index (χ4n) is 1.91. The number of hydrogen-bond acceptors (Lipinski definition) is 2. The van der Waals surface area contributed by atoms with Crippen LogP contribution in [-0.4, -0.2) is 5.54 Å². The molecule has 1 aliphatic carbocycles. The lowest BCUT2D eigenvalue weighted by Gasteiger charge is -2.29. The van der Waals surface area contributed by atoms with Gasteiger partial charge in [-0.25, -0.2) is 0 Å². The van der Waals surface area contributed by atoms with Crippen molar-refractivity contribution in [3.8, 4) is 0 Å². The maximum atomic E-state index is 6.24. The van der Waals surface area contributed by atoms with E-state index in [0.29, 0.717) is 0 Å². The first-order chi connectivity index (χ1) is 7.09. The van der Waals surface area contributed by atoms with E-state index in [4.69, 9.17) is 11.5 Å². The second-order valence-electron chi connectivity index (χ2n) is 4.26. The Kier molecular flexibility index (Phi) is 2.37. The molecule has 1 atom stereocenters. The van der Waals surface area contributed by atoms with Crippen molar-refractivity contribution in [2.75, 3.05) is 5.73 Å². The molecule has 4 N–H and O–H groups in total. The smallest absolute Gasteiger partial charge is 0.0421 e. The van der Waals surface area contributed by atoms with E-state index in [9.17, 15) is 0 Å². The zero-order valence-corrected chi connectivity index (χ0v) is 8.90. The molecule has 2 nitrogen and oxygen atoms in total. The summed E-state index contributed by atoms with van der Waals surface area (Å²) < 4.78 is 0. The van der Waals surface area contributed by atoms with Crippen LogP contribution in [0.25, 0.3) is 5.57 Å². The summed E-state index contributed by atoms with van der Waals surface area (Å²) in [5.41, 5.74) is 14.8. The Morgan fingerprint density at radius 1 is 1.33 bits per heavy atom. The number of anilines is 1. The van der Waals surface area contributed by atoms with E-state index in [1.807, 2.05) is 37.3 Å². The number of hydrogen-bond donors (Lipinski definition) is 2. The van der Waals surface area contributed by atoms with Gasteiger partial charge >= 0.3 is 0 Å². The van der Waals surface area contributed by atoms with Crippen LogP contribution in [0.15, 0.2) is 42.5 Å². The summed E-state index contributed by atoms with van der Waals surface area (Å²) >= 11 is 0. The Hall–Kier alpha value is -1.54. The van der Waals surface area contributed by atoms with Gasteiger partial charge in [-0.1, -0.05) is 30.4 Å². The molecule has 0 aliphatic heterocycles. The van der Waals surface area contributed by atoms with Gasteiger partial charge in [-0.15, -0.1) is 0 Å². The zero-order valence-electron chi connectivity index (χ0n) is 8.90. The SMILES string of the molecule is CC1(N)CC=CC=C1c1cccc(N)c1. The molecule has 0 spiro atoms. The molecule has 78 valence electrons. The molecule has 0 amide bonds. The third-order valence-electron chi connectivity index (χ3n) is 2.75. The third kappa shape index (κ3) is 1.95. The van der Waals surface area contributed by atoms with E-state index in [2.05, 4.69) is 12.2 Å². The first kappa shape index (κ1) is 9.99. The summed E-state index contributed by atoms with van der Waals surface area (Å²) in [6.45, 7) is 2.05. The van der Waals surface area contributed by atoms with Gasteiger partial charge < -0.3 is 11.5 Å². The summed E-state index contributed by atoms with van der Waals surface area (Å²) in [6, 6.07) is 7.86. The molecule has 1 aliphatic rings. The number of nitrogens with two attached hydrogens (primary N) is 2. The highest BCUT2D eigenvalue weighted by molar-refractivity contribution is 5.76. The average Bonchev–Trinajstić information content (AvgIpc) is 2.17. The Labute approximate surface area is 90.3 Å². The molecule has 0 saturated heterocycles. The molecule has 0 fully saturated rings. The summed E-state index contributed by atoms with van der Waals surface area (Å²) in [5.74, 6) is 0. The number of allylic oxidation sites excluding steroid dienone is 2. The van der Waals surface area contributed by atoms with Gasteiger partial charge in [0.05, 0.1) is 0 Å². The van der Waals surface area contributed by atoms with Crippen LogP contribution in [0.1, 0.15) is 18.9 Å². The average molecular weight is 200 g/mol. The van der Waals surface area contributed by atoms with Gasteiger partial charge in [-0.3, -0.25) is 0 Å². The molecule has 0 heterocycles. The van der Waals surface area contributed by atoms with Crippen molar-refractivity contribution >= 4 is 11.3 Å². The highest BCUT2D eigenvalue weighted by Gasteiger charge is 2.25. The molecular formula is C13H16N2. The molecule has 2 heteroatoms. The van der Waals surface area contributed by atoms with Crippen LogP contribution < -0.4 is 11.5 Å². The maximum Gasteiger partial charge on any atom is 0.0421 e. The minimum atomic E-state index is -0.289. The topological polar surface area (TPSA) is 52.0 Å². The number of nitrogen functional groups attached to an aromatic ring is 1. The lowest BCUT2D eigenvalue weighted by atomic mass is 9.82. The Morgan fingerprint density at radius 3 is 2.80 bits per heavy atom.